The molecule has 1 N–H and O–H groups in total. The zero-order valence-electron chi connectivity index (χ0n) is 9.87. The molecule has 1 aliphatic heterocycles. The average Bonchev–Trinajstić information content (AvgIpc) is 2.84. The molecule has 4 heteroatoms. The van der Waals surface area contributed by atoms with E-state index < -0.39 is 0 Å². The van der Waals surface area contributed by atoms with Crippen molar-refractivity contribution < 1.29 is 0 Å². The highest BCUT2D eigenvalue weighted by atomic mass is 35.5. The highest BCUT2D eigenvalue weighted by Gasteiger charge is 2.11. The molecule has 90 valence electrons. The van der Waals surface area contributed by atoms with Crippen molar-refractivity contribution in [2.75, 3.05) is 31.3 Å². The minimum atomic E-state index is 0.818. The lowest BCUT2D eigenvalue weighted by molar-refractivity contribution is 0.949. The third-order valence-electron chi connectivity index (χ3n) is 2.50. The molecule has 1 saturated heterocycles. The topological polar surface area (TPSA) is 15.3 Å². The van der Waals surface area contributed by atoms with Crippen molar-refractivity contribution in [3.63, 3.8) is 0 Å². The van der Waals surface area contributed by atoms with E-state index in [1.807, 2.05) is 25.4 Å². The average molecular weight is 259 g/mol. The Morgan fingerprint density at radius 3 is 2.12 bits per heavy atom. The first kappa shape index (κ1) is 13.7. The summed E-state index contributed by atoms with van der Waals surface area (Å²) in [6.07, 6.45) is 4.63. The van der Waals surface area contributed by atoms with Gasteiger partial charge in [-0.25, -0.2) is 0 Å². The van der Waals surface area contributed by atoms with Gasteiger partial charge in [-0.05, 0) is 50.4 Å². The second kappa shape index (κ2) is 7.82. The molecule has 0 amide bonds. The van der Waals surface area contributed by atoms with Gasteiger partial charge >= 0.3 is 0 Å². The van der Waals surface area contributed by atoms with Gasteiger partial charge < -0.3 is 4.90 Å². The van der Waals surface area contributed by atoms with Gasteiger partial charge in [-0.1, -0.05) is 23.5 Å². The van der Waals surface area contributed by atoms with Gasteiger partial charge in [0.15, 0.2) is 0 Å². The fraction of sp³-hybridized carbons (Fsp3) is 0.500. The summed E-state index contributed by atoms with van der Waals surface area (Å²) < 4.78 is 2.85. The summed E-state index contributed by atoms with van der Waals surface area (Å²) >= 11 is 7.41. The number of anilines is 1. The van der Waals surface area contributed by atoms with Crippen molar-refractivity contribution in [2.24, 2.45) is 0 Å². The van der Waals surface area contributed by atoms with E-state index in [0.717, 1.165) is 5.02 Å². The maximum absolute atomic E-state index is 5.80. The summed E-state index contributed by atoms with van der Waals surface area (Å²) in [6, 6.07) is 8.09. The molecule has 0 atom stereocenters. The van der Waals surface area contributed by atoms with Crippen LogP contribution in [0.25, 0.3) is 0 Å². The maximum atomic E-state index is 5.80. The summed E-state index contributed by atoms with van der Waals surface area (Å²) in [5, 5.41) is 0.818. The maximum Gasteiger partial charge on any atom is 0.0407 e. The van der Waals surface area contributed by atoms with Crippen molar-refractivity contribution in [3.8, 4) is 0 Å². The molecule has 0 bridgehead atoms. The number of hydrogen-bond donors (Lipinski definition) is 1. The van der Waals surface area contributed by atoms with Crippen LogP contribution in [0, 0.1) is 0 Å². The number of benzene rings is 1. The first-order chi connectivity index (χ1) is 7.77. The quantitative estimate of drug-likeness (QED) is 0.819. The van der Waals surface area contributed by atoms with Gasteiger partial charge in [-0.3, -0.25) is 4.72 Å². The van der Waals surface area contributed by atoms with E-state index >= 15 is 0 Å². The molecule has 1 aromatic rings. The van der Waals surface area contributed by atoms with Gasteiger partial charge in [-0.15, -0.1) is 0 Å². The Bertz CT molecular complexity index is 282. The lowest BCUT2D eigenvalue weighted by atomic mass is 10.3. The van der Waals surface area contributed by atoms with Crippen LogP contribution in [0.4, 0.5) is 5.69 Å². The van der Waals surface area contributed by atoms with E-state index in [2.05, 4.69) is 21.8 Å². The molecular weight excluding hydrogens is 240 g/mol. The third-order valence-corrected chi connectivity index (χ3v) is 3.16. The van der Waals surface area contributed by atoms with Gasteiger partial charge in [0.2, 0.25) is 0 Å². The lowest BCUT2D eigenvalue weighted by Crippen LogP contribution is -2.17. The monoisotopic (exact) mass is 258 g/mol. The molecule has 0 saturated carbocycles. The van der Waals surface area contributed by atoms with Gasteiger partial charge in [-0.2, -0.15) is 0 Å². The molecule has 0 unspecified atom stereocenters. The molecule has 1 heterocycles. The molecule has 16 heavy (non-hydrogen) atoms. The van der Waals surface area contributed by atoms with Crippen molar-refractivity contribution in [1.82, 2.24) is 4.72 Å². The Balaban J connectivity index is 0.000000280. The second-order valence-corrected chi connectivity index (χ2v) is 4.83. The van der Waals surface area contributed by atoms with E-state index in [1.54, 1.807) is 11.9 Å². The van der Waals surface area contributed by atoms with E-state index in [1.165, 1.54) is 31.6 Å². The molecule has 0 aliphatic carbocycles. The van der Waals surface area contributed by atoms with Gasteiger partial charge in [0, 0.05) is 23.8 Å². The van der Waals surface area contributed by atoms with E-state index in [9.17, 15) is 0 Å². The van der Waals surface area contributed by atoms with Crippen molar-refractivity contribution >= 4 is 29.2 Å². The van der Waals surface area contributed by atoms with Gasteiger partial charge in [0.1, 0.15) is 0 Å². The second-order valence-electron chi connectivity index (χ2n) is 3.58. The Labute approximate surface area is 107 Å². The van der Waals surface area contributed by atoms with Gasteiger partial charge in [0.05, 0.1) is 0 Å². The van der Waals surface area contributed by atoms with Crippen LogP contribution in [-0.4, -0.2) is 26.4 Å². The number of nitrogens with zero attached hydrogens (tertiary/aromatic N) is 1. The number of rotatable bonds is 2. The van der Waals surface area contributed by atoms with Crippen LogP contribution >= 0.6 is 23.5 Å². The van der Waals surface area contributed by atoms with Crippen LogP contribution < -0.4 is 9.62 Å². The van der Waals surface area contributed by atoms with Crippen LogP contribution in [0.15, 0.2) is 24.3 Å². The zero-order valence-corrected chi connectivity index (χ0v) is 11.4. The van der Waals surface area contributed by atoms with E-state index in [0.29, 0.717) is 0 Å². The minimum absolute atomic E-state index is 0.818. The number of nitrogens with one attached hydrogen (secondary N) is 1. The van der Waals surface area contributed by atoms with E-state index in [4.69, 9.17) is 11.6 Å². The first-order valence-electron chi connectivity index (χ1n) is 5.48. The molecule has 1 fully saturated rings. The zero-order chi connectivity index (χ0) is 11.8. The summed E-state index contributed by atoms with van der Waals surface area (Å²) in [7, 11) is 1.89. The summed E-state index contributed by atoms with van der Waals surface area (Å²) in [5.41, 5.74) is 1.30. The standard InChI is InChI=1S/C10H12ClN.C2H7NS/c11-9-3-5-10(6-4-9)12-7-1-2-8-12;1-3-4-2/h3-6H,1-2,7-8H2;3H,1-2H3. The smallest absolute Gasteiger partial charge is 0.0407 e. The molecule has 2 nitrogen and oxygen atoms in total. The summed E-state index contributed by atoms with van der Waals surface area (Å²) in [4.78, 5) is 2.40. The van der Waals surface area contributed by atoms with Crippen molar-refractivity contribution in [2.45, 2.75) is 12.8 Å². The fourth-order valence-corrected chi connectivity index (χ4v) is 1.75. The molecule has 0 spiro atoms. The Morgan fingerprint density at radius 2 is 1.69 bits per heavy atom. The lowest BCUT2D eigenvalue weighted by Gasteiger charge is -2.16. The third kappa shape index (κ3) is 4.64. The predicted molar refractivity (Wildman–Crippen MR) is 75.5 cm³/mol. The molecule has 2 rings (SSSR count). The van der Waals surface area contributed by atoms with E-state index in [-0.39, 0.29) is 0 Å². The largest absolute Gasteiger partial charge is 0.372 e. The SMILES string of the molecule is CNSC.Clc1ccc(N2CCCC2)cc1. The van der Waals surface area contributed by atoms with Crippen LogP contribution in [0.2, 0.25) is 5.02 Å². The highest BCUT2D eigenvalue weighted by molar-refractivity contribution is 7.96. The first-order valence-corrected chi connectivity index (χ1v) is 7.08. The molecular formula is C12H19ClN2S. The minimum Gasteiger partial charge on any atom is -0.372 e. The van der Waals surface area contributed by atoms with Crippen LogP contribution in [0.5, 0.6) is 0 Å². The fourth-order valence-electron chi connectivity index (χ4n) is 1.63. The van der Waals surface area contributed by atoms with Crippen LogP contribution in [0.3, 0.4) is 0 Å². The molecule has 1 aromatic carbocycles. The van der Waals surface area contributed by atoms with Crippen LogP contribution in [-0.2, 0) is 0 Å². The molecule has 0 aromatic heterocycles. The van der Waals surface area contributed by atoms with Crippen LogP contribution in [0.1, 0.15) is 12.8 Å². The summed E-state index contributed by atoms with van der Waals surface area (Å²) in [6.45, 7) is 2.39. The van der Waals surface area contributed by atoms with Gasteiger partial charge in [0.25, 0.3) is 0 Å². The number of halogens is 1. The Morgan fingerprint density at radius 1 is 1.19 bits per heavy atom. The normalized spacial score (nSPS) is 14.6. The Kier molecular flexibility index (Phi) is 6.69. The Hall–Kier alpha value is -0.380. The van der Waals surface area contributed by atoms with Crippen molar-refractivity contribution in [1.29, 1.82) is 0 Å². The summed E-state index contributed by atoms with van der Waals surface area (Å²) in [5.74, 6) is 0. The van der Waals surface area contributed by atoms with Crippen molar-refractivity contribution in [3.05, 3.63) is 29.3 Å². The molecule has 1 aliphatic rings. The number of hydrogen-bond acceptors (Lipinski definition) is 3. The highest BCUT2D eigenvalue weighted by Crippen LogP contribution is 2.21. The predicted octanol–water partition coefficient (Wildman–Crippen LogP) is 3.42. The molecule has 0 radical (unpaired) electrons.